The molecule has 83 heavy (non-hydrogen) atoms. The molecular weight excluding hydrogens is 1020 g/mol. The molecule has 0 aromatic carbocycles. The Morgan fingerprint density at radius 3 is 0.735 bits per heavy atom. The summed E-state index contributed by atoms with van der Waals surface area (Å²) in [7, 11) is 0. The van der Waals surface area contributed by atoms with E-state index in [9.17, 15) is 14.4 Å². The van der Waals surface area contributed by atoms with Crippen LogP contribution >= 0.6 is 0 Å². The predicted molar refractivity (Wildman–Crippen MR) is 362 cm³/mol. The van der Waals surface area contributed by atoms with Gasteiger partial charge in [-0.3, -0.25) is 14.4 Å². The number of rotatable bonds is 69. The second kappa shape index (κ2) is 71.8. The Labute approximate surface area is 518 Å². The smallest absolute Gasteiger partial charge is 0.306 e. The van der Waals surface area contributed by atoms with E-state index >= 15 is 0 Å². The van der Waals surface area contributed by atoms with Crippen LogP contribution in [0.25, 0.3) is 0 Å². The molecule has 6 nitrogen and oxygen atoms in total. The number of unbranched alkanes of at least 4 members (excludes halogenated alkanes) is 50. The number of hydrogen-bond acceptors (Lipinski definition) is 6. The van der Waals surface area contributed by atoms with E-state index in [1.807, 2.05) is 0 Å². The third-order valence-electron chi connectivity index (χ3n) is 16.8. The summed E-state index contributed by atoms with van der Waals surface area (Å²) in [5.74, 6) is -0.837. The van der Waals surface area contributed by atoms with E-state index < -0.39 is 6.10 Å². The van der Waals surface area contributed by atoms with Crippen molar-refractivity contribution >= 4 is 17.9 Å². The number of carbonyl (C=O) groups excluding carboxylic acids is 3. The molecule has 0 radical (unpaired) electrons. The molecule has 0 aliphatic rings. The average Bonchev–Trinajstić information content (AvgIpc) is 3.49. The molecule has 0 fully saturated rings. The van der Waals surface area contributed by atoms with Crippen LogP contribution in [0, 0.1) is 0 Å². The van der Waals surface area contributed by atoms with E-state index in [1.165, 1.54) is 283 Å². The van der Waals surface area contributed by atoms with E-state index in [0.717, 1.165) is 83.5 Å². The molecule has 0 aromatic heterocycles. The summed E-state index contributed by atoms with van der Waals surface area (Å²) in [6.07, 6.45) is 91.8. The Kier molecular flexibility index (Phi) is 69.6. The van der Waals surface area contributed by atoms with Gasteiger partial charge in [0.15, 0.2) is 6.10 Å². The van der Waals surface area contributed by atoms with E-state index in [2.05, 4.69) is 69.4 Å². The first-order valence-corrected chi connectivity index (χ1v) is 37.1. The molecule has 6 heteroatoms. The van der Waals surface area contributed by atoms with Crippen molar-refractivity contribution < 1.29 is 28.6 Å². The second-order valence-electron chi connectivity index (χ2n) is 25.2. The first-order chi connectivity index (χ1) is 41.0. The van der Waals surface area contributed by atoms with E-state index in [1.54, 1.807) is 0 Å². The number of allylic oxidation sites excluding steroid dienone is 8. The van der Waals surface area contributed by atoms with Gasteiger partial charge in [-0.2, -0.15) is 0 Å². The first-order valence-electron chi connectivity index (χ1n) is 37.1. The van der Waals surface area contributed by atoms with Crippen LogP contribution in [0.5, 0.6) is 0 Å². The highest BCUT2D eigenvalue weighted by Crippen LogP contribution is 2.19. The molecule has 0 bridgehead atoms. The van der Waals surface area contributed by atoms with Crippen molar-refractivity contribution in [3.8, 4) is 0 Å². The fourth-order valence-electron chi connectivity index (χ4n) is 11.3. The average molecular weight is 1160 g/mol. The molecule has 0 spiro atoms. The summed E-state index contributed by atoms with van der Waals surface area (Å²) in [4.78, 5) is 38.3. The summed E-state index contributed by atoms with van der Waals surface area (Å²) in [5, 5.41) is 0. The van der Waals surface area contributed by atoms with Crippen LogP contribution in [0.2, 0.25) is 0 Å². The molecular formula is C77H142O6. The van der Waals surface area contributed by atoms with Gasteiger partial charge in [-0.1, -0.05) is 378 Å². The van der Waals surface area contributed by atoms with Crippen LogP contribution in [-0.4, -0.2) is 37.2 Å². The van der Waals surface area contributed by atoms with Gasteiger partial charge in [0.05, 0.1) is 0 Å². The van der Waals surface area contributed by atoms with Gasteiger partial charge in [-0.15, -0.1) is 0 Å². The predicted octanol–water partition coefficient (Wildman–Crippen LogP) is 25.7. The van der Waals surface area contributed by atoms with Crippen LogP contribution in [0.15, 0.2) is 48.6 Å². The maximum Gasteiger partial charge on any atom is 0.306 e. The highest BCUT2D eigenvalue weighted by atomic mass is 16.6. The normalized spacial score (nSPS) is 12.3. The Morgan fingerprint density at radius 2 is 0.470 bits per heavy atom. The van der Waals surface area contributed by atoms with Crippen LogP contribution in [0.1, 0.15) is 406 Å². The van der Waals surface area contributed by atoms with Gasteiger partial charge in [-0.25, -0.2) is 0 Å². The summed E-state index contributed by atoms with van der Waals surface area (Å²) >= 11 is 0. The van der Waals surface area contributed by atoms with Crippen molar-refractivity contribution in [2.75, 3.05) is 13.2 Å². The number of carbonyl (C=O) groups is 3. The maximum atomic E-state index is 12.9. The summed E-state index contributed by atoms with van der Waals surface area (Å²) < 4.78 is 17.0. The fraction of sp³-hybridized carbons (Fsp3) is 0.857. The van der Waals surface area contributed by atoms with Gasteiger partial charge in [0.2, 0.25) is 0 Å². The molecule has 0 rings (SSSR count). The molecule has 0 aromatic rings. The molecule has 0 amide bonds. The van der Waals surface area contributed by atoms with Crippen molar-refractivity contribution in [3.63, 3.8) is 0 Å². The minimum atomic E-state index is -0.768. The maximum absolute atomic E-state index is 12.9. The molecule has 0 aliphatic carbocycles. The lowest BCUT2D eigenvalue weighted by Crippen LogP contribution is -2.30. The molecule has 0 saturated heterocycles. The van der Waals surface area contributed by atoms with Crippen molar-refractivity contribution in [2.45, 2.75) is 412 Å². The molecule has 0 aliphatic heterocycles. The first kappa shape index (κ1) is 80.4. The van der Waals surface area contributed by atoms with Crippen molar-refractivity contribution in [1.29, 1.82) is 0 Å². The summed E-state index contributed by atoms with van der Waals surface area (Å²) in [6, 6.07) is 0. The molecule has 1 atom stereocenters. The zero-order valence-corrected chi connectivity index (χ0v) is 56.0. The highest BCUT2D eigenvalue weighted by molar-refractivity contribution is 5.71. The third kappa shape index (κ3) is 70.0. The van der Waals surface area contributed by atoms with Crippen LogP contribution < -0.4 is 0 Å². The van der Waals surface area contributed by atoms with Crippen molar-refractivity contribution in [3.05, 3.63) is 48.6 Å². The van der Waals surface area contributed by atoms with Gasteiger partial charge in [-0.05, 0) is 57.8 Å². The van der Waals surface area contributed by atoms with Crippen LogP contribution in [0.3, 0.4) is 0 Å². The lowest BCUT2D eigenvalue weighted by Gasteiger charge is -2.18. The van der Waals surface area contributed by atoms with Gasteiger partial charge in [0, 0.05) is 19.3 Å². The van der Waals surface area contributed by atoms with E-state index in [-0.39, 0.29) is 31.1 Å². The quantitative estimate of drug-likeness (QED) is 0.0261. The molecule has 486 valence electrons. The Hall–Kier alpha value is -2.63. The summed E-state index contributed by atoms with van der Waals surface area (Å²) in [6.45, 7) is 6.59. The Morgan fingerprint density at radius 1 is 0.253 bits per heavy atom. The van der Waals surface area contributed by atoms with E-state index in [0.29, 0.717) is 19.3 Å². The minimum absolute atomic E-state index is 0.0654. The zero-order chi connectivity index (χ0) is 59.9. The molecule has 0 heterocycles. The SMILES string of the molecule is CC/C=C\C/C=C\C/C=C\C/C=C\CCCCCCCCCCCCCCCCCCCCC(=O)OCC(COC(=O)CCCCCCCCCCC)OC(=O)CCCCCCCCCCCCCCCCCCCCCCCCCCC. The minimum Gasteiger partial charge on any atom is -0.462 e. The Balaban J connectivity index is 4.06. The standard InChI is InChI=1S/C77H142O6/c1-4-7-10-13-16-19-21-23-25-27-29-31-33-35-36-37-38-39-40-42-43-45-47-49-51-53-55-58-61-64-67-70-76(79)82-73-74(72-81-75(78)69-66-63-60-57-18-15-12-9-6-3)83-77(80)71-68-65-62-59-56-54-52-50-48-46-44-41-34-32-30-28-26-24-22-20-17-14-11-8-5-2/h7,10,16,19,23,25,29,31,74H,4-6,8-9,11-15,17-18,20-22,24,26-28,30,32-73H2,1-3H3/b10-7-,19-16-,25-23-,31-29-. The topological polar surface area (TPSA) is 78.9 Å². The Bertz CT molecular complexity index is 1430. The van der Waals surface area contributed by atoms with Gasteiger partial charge >= 0.3 is 17.9 Å². The fourth-order valence-corrected chi connectivity index (χ4v) is 11.3. The van der Waals surface area contributed by atoms with Gasteiger partial charge in [0.25, 0.3) is 0 Å². The van der Waals surface area contributed by atoms with Crippen molar-refractivity contribution in [2.24, 2.45) is 0 Å². The van der Waals surface area contributed by atoms with Gasteiger partial charge in [0.1, 0.15) is 13.2 Å². The molecule has 1 unspecified atom stereocenters. The number of esters is 3. The number of hydrogen-bond donors (Lipinski definition) is 0. The molecule has 0 saturated carbocycles. The lowest BCUT2D eigenvalue weighted by atomic mass is 10.0. The molecule has 0 N–H and O–H groups in total. The number of ether oxygens (including phenoxy) is 3. The zero-order valence-electron chi connectivity index (χ0n) is 56.0. The largest absolute Gasteiger partial charge is 0.462 e. The monoisotopic (exact) mass is 1160 g/mol. The third-order valence-corrected chi connectivity index (χ3v) is 16.8. The van der Waals surface area contributed by atoms with Crippen LogP contribution in [-0.2, 0) is 28.6 Å². The van der Waals surface area contributed by atoms with Gasteiger partial charge < -0.3 is 14.2 Å². The van der Waals surface area contributed by atoms with E-state index in [4.69, 9.17) is 14.2 Å². The van der Waals surface area contributed by atoms with Crippen molar-refractivity contribution in [1.82, 2.24) is 0 Å². The van der Waals surface area contributed by atoms with Crippen LogP contribution in [0.4, 0.5) is 0 Å². The highest BCUT2D eigenvalue weighted by Gasteiger charge is 2.20. The second-order valence-corrected chi connectivity index (χ2v) is 25.2. The lowest BCUT2D eigenvalue weighted by molar-refractivity contribution is -0.167. The summed E-state index contributed by atoms with van der Waals surface area (Å²) in [5.41, 5.74) is 0.